The van der Waals surface area contributed by atoms with E-state index in [0.29, 0.717) is 42.4 Å². The summed E-state index contributed by atoms with van der Waals surface area (Å²) < 4.78 is 50.0. The fourth-order valence-electron chi connectivity index (χ4n) is 4.65. The summed E-state index contributed by atoms with van der Waals surface area (Å²) in [6.07, 6.45) is 5.99. The number of ether oxygens (including phenoxy) is 1. The van der Waals surface area contributed by atoms with Gasteiger partial charge in [0, 0.05) is 23.1 Å². The van der Waals surface area contributed by atoms with Crippen LogP contribution < -0.4 is 4.74 Å². The van der Waals surface area contributed by atoms with Gasteiger partial charge in [-0.2, -0.15) is 5.26 Å². The highest BCUT2D eigenvalue weighted by molar-refractivity contribution is 5.84. The van der Waals surface area contributed by atoms with Crippen LogP contribution >= 0.6 is 0 Å². The molecule has 5 heteroatoms. The zero-order valence-electron chi connectivity index (χ0n) is 21.7. The predicted octanol–water partition coefficient (Wildman–Crippen LogP) is 8.66. The van der Waals surface area contributed by atoms with Crippen molar-refractivity contribution in [2.75, 3.05) is 6.61 Å². The quantitative estimate of drug-likeness (QED) is 0.177. The smallest absolute Gasteiger partial charge is 0.134 e. The van der Waals surface area contributed by atoms with Gasteiger partial charge in [0.25, 0.3) is 0 Å². The molecule has 2 nitrogen and oxygen atoms in total. The molecular formula is C33H32F3NO. The van der Waals surface area contributed by atoms with Gasteiger partial charge in [-0.3, -0.25) is 0 Å². The lowest BCUT2D eigenvalue weighted by atomic mass is 9.97. The van der Waals surface area contributed by atoms with Crippen molar-refractivity contribution >= 4 is 10.8 Å². The molecule has 0 radical (unpaired) electrons. The van der Waals surface area contributed by atoms with E-state index in [4.69, 9.17) is 10.00 Å². The molecule has 0 heterocycles. The fraction of sp³-hybridized carbons (Fsp3) is 0.303. The van der Waals surface area contributed by atoms with Crippen LogP contribution in [0, 0.1) is 28.8 Å². The lowest BCUT2D eigenvalue weighted by Crippen LogP contribution is -2.03. The fourth-order valence-corrected chi connectivity index (χ4v) is 4.65. The Bertz CT molecular complexity index is 1400. The number of fused-ring (bicyclic) bond motifs is 1. The van der Waals surface area contributed by atoms with E-state index in [1.807, 2.05) is 30.3 Å². The van der Waals surface area contributed by atoms with Gasteiger partial charge in [-0.15, -0.1) is 0 Å². The molecule has 4 aromatic carbocycles. The normalized spacial score (nSPS) is 11.0. The average molecular weight is 516 g/mol. The second-order valence-corrected chi connectivity index (χ2v) is 9.68. The SMILES string of the molecule is CCCCCCOc1cc(F)c(CCc2ccc3c(F)c(CCc4ccc(C#N)cc4)ccc3c2)c(F)c1. The van der Waals surface area contributed by atoms with Gasteiger partial charge in [0.05, 0.1) is 18.2 Å². The minimum atomic E-state index is -0.604. The van der Waals surface area contributed by atoms with Crippen molar-refractivity contribution in [3.8, 4) is 11.8 Å². The van der Waals surface area contributed by atoms with E-state index in [1.54, 1.807) is 24.3 Å². The van der Waals surface area contributed by atoms with Crippen LogP contribution in [0.25, 0.3) is 10.8 Å². The van der Waals surface area contributed by atoms with Crippen molar-refractivity contribution in [2.24, 2.45) is 0 Å². The number of hydrogen-bond acceptors (Lipinski definition) is 2. The maximum absolute atomic E-state index is 15.2. The number of benzene rings is 4. The Kier molecular flexibility index (Phi) is 9.43. The van der Waals surface area contributed by atoms with Gasteiger partial charge in [0.15, 0.2) is 0 Å². The first-order valence-electron chi connectivity index (χ1n) is 13.3. The summed E-state index contributed by atoms with van der Waals surface area (Å²) >= 11 is 0. The number of aryl methyl sites for hydroxylation is 3. The van der Waals surface area contributed by atoms with Crippen molar-refractivity contribution in [3.05, 3.63) is 112 Å². The van der Waals surface area contributed by atoms with Crippen LogP contribution in [0.3, 0.4) is 0 Å². The maximum atomic E-state index is 15.2. The summed E-state index contributed by atoms with van der Waals surface area (Å²) in [7, 11) is 0. The highest BCUT2D eigenvalue weighted by Crippen LogP contribution is 2.26. The van der Waals surface area contributed by atoms with Crippen molar-refractivity contribution in [3.63, 3.8) is 0 Å². The van der Waals surface area contributed by atoms with Crippen molar-refractivity contribution in [1.82, 2.24) is 0 Å². The molecule has 0 bridgehead atoms. The summed E-state index contributed by atoms with van der Waals surface area (Å²) in [5.74, 6) is -1.24. The Morgan fingerprint density at radius 2 is 1.45 bits per heavy atom. The highest BCUT2D eigenvalue weighted by Gasteiger charge is 2.13. The standard InChI is InChI=1S/C33H32F3NO/c1-2-3-4-5-18-38-28-20-31(34)30(32(35)21-28)17-12-24-11-16-29-27(19-24)15-14-26(33(29)36)13-10-23-6-8-25(22-37)9-7-23/h6-9,11,14-16,19-21H,2-5,10,12-13,17-18H2,1H3. The lowest BCUT2D eigenvalue weighted by molar-refractivity contribution is 0.301. The number of nitrogens with zero attached hydrogens (tertiary/aromatic N) is 1. The molecular weight excluding hydrogens is 483 g/mol. The van der Waals surface area contributed by atoms with E-state index in [9.17, 15) is 8.78 Å². The predicted molar refractivity (Wildman–Crippen MR) is 146 cm³/mol. The average Bonchev–Trinajstić information content (AvgIpc) is 2.92. The second-order valence-electron chi connectivity index (χ2n) is 9.68. The van der Waals surface area contributed by atoms with Crippen molar-refractivity contribution in [1.29, 1.82) is 5.26 Å². The Hall–Kier alpha value is -3.78. The van der Waals surface area contributed by atoms with Crippen LogP contribution in [-0.4, -0.2) is 6.61 Å². The molecule has 0 aromatic heterocycles. The molecule has 0 atom stereocenters. The van der Waals surface area contributed by atoms with Crippen LogP contribution in [0.4, 0.5) is 13.2 Å². The third-order valence-electron chi connectivity index (χ3n) is 6.91. The van der Waals surface area contributed by atoms with Gasteiger partial charge >= 0.3 is 0 Å². The van der Waals surface area contributed by atoms with Gasteiger partial charge in [-0.05, 0) is 66.3 Å². The van der Waals surface area contributed by atoms with E-state index in [1.165, 1.54) is 12.1 Å². The van der Waals surface area contributed by atoms with Crippen LogP contribution in [-0.2, 0) is 25.7 Å². The number of nitriles is 1. The first-order chi connectivity index (χ1) is 18.5. The van der Waals surface area contributed by atoms with E-state index >= 15 is 4.39 Å². The minimum absolute atomic E-state index is 0.0350. The maximum Gasteiger partial charge on any atom is 0.134 e. The number of rotatable bonds is 12. The van der Waals surface area contributed by atoms with Gasteiger partial charge in [-0.25, -0.2) is 13.2 Å². The molecule has 4 aromatic rings. The molecule has 196 valence electrons. The topological polar surface area (TPSA) is 33.0 Å². The highest BCUT2D eigenvalue weighted by atomic mass is 19.1. The van der Waals surface area contributed by atoms with E-state index in [0.717, 1.165) is 42.2 Å². The van der Waals surface area contributed by atoms with E-state index < -0.39 is 11.6 Å². The monoisotopic (exact) mass is 515 g/mol. The van der Waals surface area contributed by atoms with Crippen LogP contribution in [0.1, 0.15) is 60.4 Å². The Morgan fingerprint density at radius 1 is 0.737 bits per heavy atom. The summed E-state index contributed by atoms with van der Waals surface area (Å²) in [5.41, 5.74) is 3.20. The largest absolute Gasteiger partial charge is 0.493 e. The van der Waals surface area contributed by atoms with Crippen LogP contribution in [0.15, 0.2) is 66.7 Å². The molecule has 0 saturated carbocycles. The number of hydrogen-bond donors (Lipinski definition) is 0. The van der Waals surface area contributed by atoms with Gasteiger partial charge < -0.3 is 4.74 Å². The molecule has 0 aliphatic rings. The number of unbranched alkanes of at least 4 members (excludes halogenated alkanes) is 3. The molecule has 0 amide bonds. The van der Waals surface area contributed by atoms with Crippen LogP contribution in [0.2, 0.25) is 0 Å². The zero-order valence-corrected chi connectivity index (χ0v) is 21.7. The molecule has 0 N–H and O–H groups in total. The number of halogens is 3. The third-order valence-corrected chi connectivity index (χ3v) is 6.91. The van der Waals surface area contributed by atoms with Gasteiger partial charge in [0.2, 0.25) is 0 Å². The Morgan fingerprint density at radius 3 is 2.16 bits per heavy atom. The first-order valence-corrected chi connectivity index (χ1v) is 13.3. The molecule has 0 unspecified atom stereocenters. The summed E-state index contributed by atoms with van der Waals surface area (Å²) in [6.45, 7) is 2.57. The van der Waals surface area contributed by atoms with Crippen molar-refractivity contribution in [2.45, 2.75) is 58.3 Å². The summed E-state index contributed by atoms with van der Waals surface area (Å²) in [6, 6.07) is 21.1. The second kappa shape index (κ2) is 13.1. The lowest BCUT2D eigenvalue weighted by Gasteiger charge is -2.11. The molecule has 0 aliphatic carbocycles. The molecule has 4 rings (SSSR count). The zero-order chi connectivity index (χ0) is 26.9. The molecule has 0 saturated heterocycles. The van der Waals surface area contributed by atoms with Gasteiger partial charge in [0.1, 0.15) is 23.2 Å². The van der Waals surface area contributed by atoms with Gasteiger partial charge in [-0.1, -0.05) is 68.7 Å². The Labute approximate surface area is 222 Å². The molecule has 0 aliphatic heterocycles. The molecule has 0 fully saturated rings. The summed E-state index contributed by atoms with van der Waals surface area (Å²) in [4.78, 5) is 0. The van der Waals surface area contributed by atoms with E-state index in [2.05, 4.69) is 13.0 Å². The van der Waals surface area contributed by atoms with Crippen molar-refractivity contribution < 1.29 is 17.9 Å². The molecule has 0 spiro atoms. The third kappa shape index (κ3) is 6.95. The van der Waals surface area contributed by atoms with Crippen LogP contribution in [0.5, 0.6) is 5.75 Å². The Balaban J connectivity index is 1.38. The van der Waals surface area contributed by atoms with E-state index in [-0.39, 0.29) is 23.6 Å². The molecule has 38 heavy (non-hydrogen) atoms. The first kappa shape index (κ1) is 27.3. The summed E-state index contributed by atoms with van der Waals surface area (Å²) in [5, 5.41) is 10.2. The minimum Gasteiger partial charge on any atom is -0.493 e.